The average molecular weight is 293 g/mol. The van der Waals surface area contributed by atoms with E-state index in [1.165, 1.54) is 0 Å². The Kier molecular flexibility index (Phi) is 4.26. The van der Waals surface area contributed by atoms with E-state index >= 15 is 0 Å². The molecule has 0 atom stereocenters. The lowest BCUT2D eigenvalue weighted by Crippen LogP contribution is -2.41. The molecule has 1 saturated heterocycles. The number of aromatic nitrogens is 2. The quantitative estimate of drug-likeness (QED) is 0.839. The standard InChI is InChI=1S/C15H28BN3O2/c1-7-15(8-2,11-17)19-10-12(9-18-19)16-20-13(3,4)14(5,6)21-16/h9-10H,7-8,11,17H2,1-6H3. The van der Waals surface area contributed by atoms with Gasteiger partial charge < -0.3 is 15.0 Å². The highest BCUT2D eigenvalue weighted by molar-refractivity contribution is 6.62. The van der Waals surface area contributed by atoms with Crippen LogP contribution >= 0.6 is 0 Å². The van der Waals surface area contributed by atoms with Crippen LogP contribution in [0.3, 0.4) is 0 Å². The lowest BCUT2D eigenvalue weighted by atomic mass is 9.81. The van der Waals surface area contributed by atoms with E-state index in [1.54, 1.807) is 0 Å². The number of nitrogens with zero attached hydrogens (tertiary/aromatic N) is 2. The van der Waals surface area contributed by atoms with Crippen LogP contribution in [0.4, 0.5) is 0 Å². The Hall–Kier alpha value is -0.845. The molecule has 2 rings (SSSR count). The van der Waals surface area contributed by atoms with Crippen molar-refractivity contribution < 1.29 is 9.31 Å². The Morgan fingerprint density at radius 1 is 1.19 bits per heavy atom. The minimum atomic E-state index is -0.368. The van der Waals surface area contributed by atoms with Crippen molar-refractivity contribution in [3.63, 3.8) is 0 Å². The first-order valence-corrected chi connectivity index (χ1v) is 7.82. The van der Waals surface area contributed by atoms with Crippen LogP contribution in [0.5, 0.6) is 0 Å². The first-order valence-electron chi connectivity index (χ1n) is 7.82. The second-order valence-corrected chi connectivity index (χ2v) is 6.94. The molecule has 0 aliphatic carbocycles. The first-order chi connectivity index (χ1) is 9.71. The summed E-state index contributed by atoms with van der Waals surface area (Å²) >= 11 is 0. The molecular formula is C15H28BN3O2. The van der Waals surface area contributed by atoms with Gasteiger partial charge >= 0.3 is 7.12 Å². The Balaban J connectivity index is 2.26. The van der Waals surface area contributed by atoms with Crippen LogP contribution in [-0.4, -0.2) is 34.6 Å². The van der Waals surface area contributed by atoms with Gasteiger partial charge in [0.2, 0.25) is 0 Å². The van der Waals surface area contributed by atoms with Crippen LogP contribution in [0.25, 0.3) is 0 Å². The summed E-state index contributed by atoms with van der Waals surface area (Å²) in [6.45, 7) is 13.1. The van der Waals surface area contributed by atoms with Gasteiger partial charge in [-0.05, 0) is 40.5 Å². The summed E-state index contributed by atoms with van der Waals surface area (Å²) in [5.74, 6) is 0. The molecule has 21 heavy (non-hydrogen) atoms. The fourth-order valence-electron chi connectivity index (χ4n) is 2.65. The number of rotatable bonds is 5. The van der Waals surface area contributed by atoms with Gasteiger partial charge in [-0.1, -0.05) is 13.8 Å². The molecule has 0 spiro atoms. The van der Waals surface area contributed by atoms with Crippen molar-refractivity contribution in [3.05, 3.63) is 12.4 Å². The maximum Gasteiger partial charge on any atom is 0.498 e. The van der Waals surface area contributed by atoms with Crippen molar-refractivity contribution in [2.75, 3.05) is 6.54 Å². The van der Waals surface area contributed by atoms with Gasteiger partial charge in [-0.25, -0.2) is 0 Å². The molecule has 1 aromatic heterocycles. The highest BCUT2D eigenvalue weighted by Crippen LogP contribution is 2.36. The Labute approximate surface area is 128 Å². The molecule has 118 valence electrons. The molecule has 1 aliphatic heterocycles. The summed E-state index contributed by atoms with van der Waals surface area (Å²) in [6, 6.07) is 0. The SMILES string of the molecule is CCC(CC)(CN)n1cc(B2OC(C)(C)C(C)(C)O2)cn1. The maximum atomic E-state index is 6.07. The van der Waals surface area contributed by atoms with Crippen molar-refractivity contribution in [2.45, 2.75) is 71.1 Å². The van der Waals surface area contributed by atoms with Crippen molar-refractivity contribution >= 4 is 12.6 Å². The van der Waals surface area contributed by atoms with E-state index in [2.05, 4.69) is 46.6 Å². The summed E-state index contributed by atoms with van der Waals surface area (Å²) < 4.78 is 14.1. The van der Waals surface area contributed by atoms with Crippen molar-refractivity contribution in [2.24, 2.45) is 5.73 Å². The molecule has 0 radical (unpaired) electrons. The topological polar surface area (TPSA) is 62.3 Å². The van der Waals surface area contributed by atoms with Gasteiger partial charge in [-0.2, -0.15) is 5.10 Å². The van der Waals surface area contributed by atoms with Gasteiger partial charge in [0.1, 0.15) is 0 Å². The summed E-state index contributed by atoms with van der Waals surface area (Å²) in [5.41, 5.74) is 6.15. The van der Waals surface area contributed by atoms with E-state index in [9.17, 15) is 0 Å². The minimum absolute atomic E-state index is 0.123. The minimum Gasteiger partial charge on any atom is -0.399 e. The zero-order chi connectivity index (χ0) is 15.9. The lowest BCUT2D eigenvalue weighted by molar-refractivity contribution is 0.00578. The molecule has 0 amide bonds. The van der Waals surface area contributed by atoms with Crippen LogP contribution in [-0.2, 0) is 14.8 Å². The molecule has 1 aromatic rings. The zero-order valence-electron chi connectivity index (χ0n) is 14.1. The zero-order valence-corrected chi connectivity index (χ0v) is 14.1. The molecule has 0 aromatic carbocycles. The monoisotopic (exact) mass is 293 g/mol. The highest BCUT2D eigenvalue weighted by atomic mass is 16.7. The first kappa shape index (κ1) is 16.5. The summed E-state index contributed by atoms with van der Waals surface area (Å²) in [7, 11) is -0.368. The third-order valence-electron chi connectivity index (χ3n) is 5.31. The number of hydrogen-bond acceptors (Lipinski definition) is 4. The van der Waals surface area contributed by atoms with Gasteiger partial charge in [0.05, 0.1) is 16.7 Å². The van der Waals surface area contributed by atoms with E-state index < -0.39 is 0 Å². The van der Waals surface area contributed by atoms with E-state index in [0.29, 0.717) is 6.54 Å². The predicted octanol–water partition coefficient (Wildman–Crippen LogP) is 1.66. The second-order valence-electron chi connectivity index (χ2n) is 6.94. The highest BCUT2D eigenvalue weighted by Gasteiger charge is 2.52. The molecule has 1 fully saturated rings. The molecule has 2 heterocycles. The number of nitrogens with two attached hydrogens (primary N) is 1. The third-order valence-corrected chi connectivity index (χ3v) is 5.31. The Morgan fingerprint density at radius 3 is 2.14 bits per heavy atom. The Morgan fingerprint density at radius 2 is 1.71 bits per heavy atom. The van der Waals surface area contributed by atoms with Gasteiger partial charge in [-0.15, -0.1) is 0 Å². The van der Waals surface area contributed by atoms with E-state index in [-0.39, 0.29) is 23.9 Å². The maximum absolute atomic E-state index is 6.07. The summed E-state index contributed by atoms with van der Waals surface area (Å²) in [6.07, 6.45) is 5.74. The normalized spacial score (nSPS) is 21.0. The molecule has 0 bridgehead atoms. The third kappa shape index (κ3) is 2.65. The average Bonchev–Trinajstić information content (AvgIpc) is 2.97. The Bertz CT molecular complexity index is 471. The van der Waals surface area contributed by atoms with Crippen molar-refractivity contribution in [1.29, 1.82) is 0 Å². The second kappa shape index (κ2) is 5.41. The van der Waals surface area contributed by atoms with Gasteiger partial charge in [0.15, 0.2) is 0 Å². The van der Waals surface area contributed by atoms with Crippen LogP contribution in [0, 0.1) is 0 Å². The van der Waals surface area contributed by atoms with Crippen LogP contribution in [0.1, 0.15) is 54.4 Å². The van der Waals surface area contributed by atoms with Crippen LogP contribution in [0.2, 0.25) is 0 Å². The molecular weight excluding hydrogens is 265 g/mol. The lowest BCUT2D eigenvalue weighted by Gasteiger charge is -2.32. The van der Waals surface area contributed by atoms with E-state index in [0.717, 1.165) is 18.3 Å². The summed E-state index contributed by atoms with van der Waals surface area (Å²) in [4.78, 5) is 0. The van der Waals surface area contributed by atoms with Crippen molar-refractivity contribution in [1.82, 2.24) is 9.78 Å². The predicted molar refractivity (Wildman–Crippen MR) is 85.6 cm³/mol. The van der Waals surface area contributed by atoms with Gasteiger partial charge in [0, 0.05) is 24.4 Å². The summed E-state index contributed by atoms with van der Waals surface area (Å²) in [5, 5.41) is 4.52. The molecule has 0 saturated carbocycles. The van der Waals surface area contributed by atoms with Crippen LogP contribution < -0.4 is 11.2 Å². The van der Waals surface area contributed by atoms with Crippen molar-refractivity contribution in [3.8, 4) is 0 Å². The van der Waals surface area contributed by atoms with Gasteiger partial charge in [0.25, 0.3) is 0 Å². The van der Waals surface area contributed by atoms with E-state index in [4.69, 9.17) is 15.0 Å². The molecule has 1 aliphatic rings. The van der Waals surface area contributed by atoms with E-state index in [1.807, 2.05) is 17.1 Å². The van der Waals surface area contributed by atoms with Crippen LogP contribution in [0.15, 0.2) is 12.4 Å². The molecule has 6 heteroatoms. The molecule has 0 unspecified atom stereocenters. The fourth-order valence-corrected chi connectivity index (χ4v) is 2.65. The number of hydrogen-bond donors (Lipinski definition) is 1. The largest absolute Gasteiger partial charge is 0.498 e. The smallest absolute Gasteiger partial charge is 0.399 e. The fraction of sp³-hybridized carbons (Fsp3) is 0.800. The molecule has 5 nitrogen and oxygen atoms in total. The molecule has 2 N–H and O–H groups in total. The van der Waals surface area contributed by atoms with Gasteiger partial charge in [-0.3, -0.25) is 4.68 Å².